The zero-order chi connectivity index (χ0) is 19.6. The number of hydrogen-bond acceptors (Lipinski definition) is 2. The molecule has 1 saturated carbocycles. The van der Waals surface area contributed by atoms with Crippen LogP contribution >= 0.6 is 11.6 Å². The lowest BCUT2D eigenvalue weighted by molar-refractivity contribution is -0.146. The summed E-state index contributed by atoms with van der Waals surface area (Å²) >= 11 is 5.91. The highest BCUT2D eigenvalue weighted by Gasteiger charge is 2.47. The number of hydrogen-bond donors (Lipinski definition) is 0. The molecule has 4 nitrogen and oxygen atoms in total. The summed E-state index contributed by atoms with van der Waals surface area (Å²) in [5, 5.41) is 0.673. The molecule has 2 aliphatic rings. The van der Waals surface area contributed by atoms with Crippen molar-refractivity contribution in [3.05, 3.63) is 70.7 Å². The van der Waals surface area contributed by atoms with Crippen LogP contribution < -0.4 is 0 Å². The summed E-state index contributed by atoms with van der Waals surface area (Å²) in [4.78, 5) is 29.7. The van der Waals surface area contributed by atoms with Gasteiger partial charge in [-0.15, -0.1) is 0 Å². The van der Waals surface area contributed by atoms with E-state index in [2.05, 4.69) is 12.1 Å². The Kier molecular flexibility index (Phi) is 5.40. The quantitative estimate of drug-likeness (QED) is 0.791. The van der Waals surface area contributed by atoms with Crippen LogP contribution in [-0.2, 0) is 21.4 Å². The summed E-state index contributed by atoms with van der Waals surface area (Å²) in [6, 6.07) is 17.6. The van der Waals surface area contributed by atoms with E-state index >= 15 is 0 Å². The molecule has 0 aromatic heterocycles. The Morgan fingerprint density at radius 1 is 0.857 bits per heavy atom. The average molecular weight is 397 g/mol. The molecule has 146 valence electrons. The Morgan fingerprint density at radius 3 is 2.04 bits per heavy atom. The second-order valence-electron chi connectivity index (χ2n) is 7.78. The summed E-state index contributed by atoms with van der Waals surface area (Å²) in [5.74, 6) is 0.339. The molecule has 2 amide bonds. The Balaban J connectivity index is 1.36. The van der Waals surface area contributed by atoms with Crippen LogP contribution in [0.2, 0.25) is 5.02 Å². The second-order valence-corrected chi connectivity index (χ2v) is 8.21. The monoisotopic (exact) mass is 396 g/mol. The Morgan fingerprint density at radius 2 is 1.46 bits per heavy atom. The molecule has 0 radical (unpaired) electrons. The Labute approximate surface area is 171 Å². The minimum Gasteiger partial charge on any atom is -0.339 e. The van der Waals surface area contributed by atoms with Crippen molar-refractivity contribution in [2.24, 2.45) is 0 Å². The van der Waals surface area contributed by atoms with Gasteiger partial charge < -0.3 is 9.80 Å². The van der Waals surface area contributed by atoms with Gasteiger partial charge in [-0.3, -0.25) is 9.59 Å². The van der Waals surface area contributed by atoms with Crippen LogP contribution in [0.4, 0.5) is 0 Å². The molecule has 2 aromatic carbocycles. The molecule has 1 saturated heterocycles. The number of carbonyl (C=O) groups excluding carboxylic acids is 2. The van der Waals surface area contributed by atoms with Crippen LogP contribution in [0.3, 0.4) is 0 Å². The van der Waals surface area contributed by atoms with Gasteiger partial charge in [-0.2, -0.15) is 0 Å². The van der Waals surface area contributed by atoms with E-state index in [-0.39, 0.29) is 17.2 Å². The molecule has 0 unspecified atom stereocenters. The van der Waals surface area contributed by atoms with Crippen LogP contribution in [0.25, 0.3) is 0 Å². The maximum Gasteiger partial charge on any atom is 0.233 e. The van der Waals surface area contributed by atoms with Gasteiger partial charge in [-0.1, -0.05) is 60.5 Å². The van der Waals surface area contributed by atoms with Gasteiger partial charge in [0, 0.05) is 31.2 Å². The van der Waals surface area contributed by atoms with Gasteiger partial charge in [0.05, 0.1) is 11.8 Å². The highest BCUT2D eigenvalue weighted by Crippen LogP contribution is 2.45. The first-order valence-electron chi connectivity index (χ1n) is 9.96. The van der Waals surface area contributed by atoms with Crippen LogP contribution in [0.1, 0.15) is 30.4 Å². The van der Waals surface area contributed by atoms with Gasteiger partial charge >= 0.3 is 0 Å². The van der Waals surface area contributed by atoms with Crippen molar-refractivity contribution >= 4 is 23.4 Å². The Hall–Kier alpha value is -2.33. The van der Waals surface area contributed by atoms with Crippen molar-refractivity contribution in [1.82, 2.24) is 9.80 Å². The van der Waals surface area contributed by atoms with Crippen LogP contribution in [0.15, 0.2) is 54.6 Å². The number of halogens is 1. The maximum atomic E-state index is 13.3. The van der Waals surface area contributed by atoms with E-state index in [0.717, 1.165) is 30.4 Å². The lowest BCUT2D eigenvalue weighted by Crippen LogP contribution is -2.57. The molecule has 0 atom stereocenters. The summed E-state index contributed by atoms with van der Waals surface area (Å²) in [6.45, 7) is 2.42. The van der Waals surface area contributed by atoms with Crippen molar-refractivity contribution in [2.45, 2.75) is 31.1 Å². The van der Waals surface area contributed by atoms with Gasteiger partial charge in [0.25, 0.3) is 0 Å². The number of rotatable bonds is 4. The number of carbonyl (C=O) groups is 2. The lowest BCUT2D eigenvalue weighted by atomic mass is 9.63. The fraction of sp³-hybridized carbons (Fsp3) is 0.391. The SMILES string of the molecule is O=C(Cc1ccc(Cl)cc1)N1CCN(C(=O)C2(c3ccccc3)CCC2)CC1. The van der Waals surface area contributed by atoms with Crippen LogP contribution in [0, 0.1) is 0 Å². The third kappa shape index (κ3) is 3.66. The zero-order valence-corrected chi connectivity index (χ0v) is 16.7. The molecule has 28 heavy (non-hydrogen) atoms. The first kappa shape index (κ1) is 19.0. The fourth-order valence-corrected chi connectivity index (χ4v) is 4.39. The van der Waals surface area contributed by atoms with E-state index in [4.69, 9.17) is 11.6 Å². The minimum absolute atomic E-state index is 0.107. The van der Waals surface area contributed by atoms with Crippen molar-refractivity contribution in [3.63, 3.8) is 0 Å². The summed E-state index contributed by atoms with van der Waals surface area (Å²) in [7, 11) is 0. The molecule has 4 rings (SSSR count). The van der Waals surface area contributed by atoms with E-state index in [0.29, 0.717) is 37.6 Å². The van der Waals surface area contributed by atoms with E-state index in [9.17, 15) is 9.59 Å². The molecule has 0 N–H and O–H groups in total. The number of nitrogens with zero attached hydrogens (tertiary/aromatic N) is 2. The molecule has 0 spiro atoms. The van der Waals surface area contributed by atoms with Crippen molar-refractivity contribution < 1.29 is 9.59 Å². The molecule has 2 fully saturated rings. The average Bonchev–Trinajstić information content (AvgIpc) is 2.70. The second kappa shape index (κ2) is 7.96. The van der Waals surface area contributed by atoms with Gasteiger partial charge in [0.1, 0.15) is 0 Å². The van der Waals surface area contributed by atoms with E-state index in [1.165, 1.54) is 0 Å². The third-order valence-corrected chi connectivity index (χ3v) is 6.38. The maximum absolute atomic E-state index is 13.3. The van der Waals surface area contributed by atoms with E-state index in [1.807, 2.05) is 52.3 Å². The van der Waals surface area contributed by atoms with Gasteiger partial charge in [0.15, 0.2) is 0 Å². The molecule has 1 heterocycles. The van der Waals surface area contributed by atoms with Crippen molar-refractivity contribution in [2.75, 3.05) is 26.2 Å². The molecule has 2 aromatic rings. The number of piperazine rings is 1. The normalized spacial score (nSPS) is 18.5. The van der Waals surface area contributed by atoms with E-state index < -0.39 is 0 Å². The number of amides is 2. The smallest absolute Gasteiger partial charge is 0.233 e. The molecule has 5 heteroatoms. The van der Waals surface area contributed by atoms with Crippen molar-refractivity contribution in [3.8, 4) is 0 Å². The predicted octanol–water partition coefficient (Wildman–Crippen LogP) is 3.68. The predicted molar refractivity (Wildman–Crippen MR) is 110 cm³/mol. The standard InChI is InChI=1S/C23H25ClN2O2/c24-20-9-7-18(8-10-20)17-21(27)25-13-15-26(16-14-25)22(28)23(11-4-12-23)19-5-2-1-3-6-19/h1-3,5-10H,4,11-17H2. The number of benzene rings is 2. The molecule has 1 aliphatic carbocycles. The molecular weight excluding hydrogens is 372 g/mol. The van der Waals surface area contributed by atoms with Gasteiger partial charge in [0.2, 0.25) is 11.8 Å². The highest BCUT2D eigenvalue weighted by atomic mass is 35.5. The zero-order valence-electron chi connectivity index (χ0n) is 15.9. The van der Waals surface area contributed by atoms with Gasteiger partial charge in [-0.05, 0) is 36.1 Å². The fourth-order valence-electron chi connectivity index (χ4n) is 4.26. The highest BCUT2D eigenvalue weighted by molar-refractivity contribution is 6.30. The first-order valence-corrected chi connectivity index (χ1v) is 10.3. The largest absolute Gasteiger partial charge is 0.339 e. The topological polar surface area (TPSA) is 40.6 Å². The van der Waals surface area contributed by atoms with Gasteiger partial charge in [-0.25, -0.2) is 0 Å². The van der Waals surface area contributed by atoms with Crippen LogP contribution in [-0.4, -0.2) is 47.8 Å². The lowest BCUT2D eigenvalue weighted by Gasteiger charge is -2.46. The minimum atomic E-state index is -0.350. The van der Waals surface area contributed by atoms with Crippen molar-refractivity contribution in [1.29, 1.82) is 0 Å². The first-order chi connectivity index (χ1) is 13.6. The van der Waals surface area contributed by atoms with E-state index in [1.54, 1.807) is 0 Å². The van der Waals surface area contributed by atoms with Crippen LogP contribution in [0.5, 0.6) is 0 Å². The summed E-state index contributed by atoms with van der Waals surface area (Å²) < 4.78 is 0. The molecule has 0 bridgehead atoms. The molecule has 1 aliphatic heterocycles. The summed E-state index contributed by atoms with van der Waals surface area (Å²) in [6.07, 6.45) is 3.32. The molecular formula is C23H25ClN2O2. The third-order valence-electron chi connectivity index (χ3n) is 6.13. The summed E-state index contributed by atoms with van der Waals surface area (Å²) in [5.41, 5.74) is 1.74. The Bertz CT molecular complexity index is 839.